The largest absolute Gasteiger partial charge is 2.00 e. The number of hydrogen-bond acceptors (Lipinski definition) is 3. The molecule has 0 aromatic heterocycles. The van der Waals surface area contributed by atoms with Crippen LogP contribution in [-0.4, -0.2) is 6.16 Å². The Balaban J connectivity index is 0. The van der Waals surface area contributed by atoms with Gasteiger partial charge in [0.2, 0.25) is 0 Å². The van der Waals surface area contributed by atoms with Crippen molar-refractivity contribution >= 4 is 6.16 Å². The fraction of sp³-hybridized carbons (Fsp3) is 0. The Kier molecular flexibility index (Phi) is 7.08. The third-order valence-corrected chi connectivity index (χ3v) is 0. The van der Waals surface area contributed by atoms with E-state index in [9.17, 15) is 0 Å². The van der Waals surface area contributed by atoms with Gasteiger partial charge < -0.3 is 15.0 Å². The van der Waals surface area contributed by atoms with E-state index in [1.807, 2.05) is 0 Å². The molecule has 0 radical (unpaired) electrons. The number of carbonyl (C=O) groups is 1. The zero-order chi connectivity index (χ0) is 3.58. The molecule has 0 fully saturated rings. The van der Waals surface area contributed by atoms with E-state index < -0.39 is 6.16 Å². The number of carbonyl (C=O) groups excluding carboxylic acids is 1. The Morgan fingerprint density at radius 3 is 1.40 bits per heavy atom. The van der Waals surface area contributed by atoms with E-state index >= 15 is 0 Å². The summed E-state index contributed by atoms with van der Waals surface area (Å²) >= 11 is 0. The third kappa shape index (κ3) is 63500. The molecule has 0 saturated heterocycles. The van der Waals surface area contributed by atoms with Gasteiger partial charge in [0.25, 0.3) is 0 Å². The average Bonchev–Trinajstić information content (AvgIpc) is 0.811. The summed E-state index contributed by atoms with van der Waals surface area (Å²) in [6.45, 7) is 0. The molecule has 0 bridgehead atoms. The zero-order valence-corrected chi connectivity index (χ0v) is 3.79. The summed E-state index contributed by atoms with van der Waals surface area (Å²) in [5.74, 6) is 0. The molecule has 0 aliphatic carbocycles. The van der Waals surface area contributed by atoms with E-state index in [2.05, 4.69) is 0 Å². The summed E-state index contributed by atoms with van der Waals surface area (Å²) in [5.41, 5.74) is 0. The fourth-order valence-electron chi connectivity index (χ4n) is 0. The first-order chi connectivity index (χ1) is 1.73. The molecule has 0 rings (SSSR count). The molecular formula is CO3Ti. The summed E-state index contributed by atoms with van der Waals surface area (Å²) in [4.78, 5) is 8.33. The van der Waals surface area contributed by atoms with Gasteiger partial charge >= 0.3 is 21.7 Å². The van der Waals surface area contributed by atoms with Crippen molar-refractivity contribution in [2.75, 3.05) is 0 Å². The minimum atomic E-state index is -2.33. The van der Waals surface area contributed by atoms with Crippen LogP contribution in [0.5, 0.6) is 0 Å². The Morgan fingerprint density at radius 1 is 1.40 bits per heavy atom. The average molecular weight is 108 g/mol. The van der Waals surface area contributed by atoms with Crippen molar-refractivity contribution in [2.45, 2.75) is 0 Å². The zero-order valence-electron chi connectivity index (χ0n) is 2.22. The topological polar surface area (TPSA) is 63.2 Å². The molecule has 4 heteroatoms. The van der Waals surface area contributed by atoms with E-state index in [-0.39, 0.29) is 21.7 Å². The first-order valence-electron chi connectivity index (χ1n) is 0.612. The minimum Gasteiger partial charge on any atom is -0.652 e. The Morgan fingerprint density at radius 2 is 1.40 bits per heavy atom. The summed E-state index contributed by atoms with van der Waals surface area (Å²) in [5, 5.41) is 16.7. The summed E-state index contributed by atoms with van der Waals surface area (Å²) in [6, 6.07) is 0. The van der Waals surface area contributed by atoms with Crippen molar-refractivity contribution in [3.8, 4) is 0 Å². The van der Waals surface area contributed by atoms with Crippen LogP contribution in [0.2, 0.25) is 0 Å². The van der Waals surface area contributed by atoms with Gasteiger partial charge in [-0.2, -0.15) is 0 Å². The van der Waals surface area contributed by atoms with E-state index in [4.69, 9.17) is 15.0 Å². The predicted molar refractivity (Wildman–Crippen MR) is 5.40 cm³/mol. The smallest absolute Gasteiger partial charge is 0.652 e. The van der Waals surface area contributed by atoms with Crippen molar-refractivity contribution in [3.63, 3.8) is 0 Å². The molecule has 0 saturated carbocycles. The summed E-state index contributed by atoms with van der Waals surface area (Å²) in [6.07, 6.45) is -2.33. The van der Waals surface area contributed by atoms with E-state index in [0.29, 0.717) is 0 Å². The molecule has 0 atom stereocenters. The molecule has 0 aromatic carbocycles. The number of rotatable bonds is 0. The molecule has 0 unspecified atom stereocenters. The second kappa shape index (κ2) is 3.98. The van der Waals surface area contributed by atoms with Crippen LogP contribution in [0.3, 0.4) is 0 Å². The normalized spacial score (nSPS) is 4.80. The SMILES string of the molecule is O=C([O-])[O-].[Ti+2]. The van der Waals surface area contributed by atoms with Crippen LogP contribution in [0.25, 0.3) is 0 Å². The van der Waals surface area contributed by atoms with Gasteiger partial charge in [-0.25, -0.2) is 0 Å². The Hall–Kier alpha value is -0.0157. The van der Waals surface area contributed by atoms with Gasteiger partial charge in [-0.1, -0.05) is 0 Å². The van der Waals surface area contributed by atoms with Crippen LogP contribution in [0.4, 0.5) is 4.79 Å². The monoisotopic (exact) mass is 108 g/mol. The van der Waals surface area contributed by atoms with Crippen LogP contribution in [0, 0.1) is 0 Å². The van der Waals surface area contributed by atoms with Gasteiger partial charge in [-0.15, -0.1) is 0 Å². The number of carboxylic acid groups (broad SMARTS) is 2. The third-order valence-electron chi connectivity index (χ3n) is 0. The summed E-state index contributed by atoms with van der Waals surface area (Å²) < 4.78 is 0. The molecule has 0 N–H and O–H groups in total. The first-order valence-corrected chi connectivity index (χ1v) is 0.612. The Bertz CT molecular complexity index is 29.9. The van der Waals surface area contributed by atoms with Gasteiger partial charge in [0.15, 0.2) is 0 Å². The van der Waals surface area contributed by atoms with E-state index in [1.165, 1.54) is 0 Å². The minimum absolute atomic E-state index is 0. The maximum Gasteiger partial charge on any atom is 2.00 e. The molecule has 0 aliphatic rings. The maximum absolute atomic E-state index is 8.33. The standard InChI is InChI=1S/CH2O3.Ti/c2-1(3)4;/h(H2,2,3,4);/q;+2/p-2. The van der Waals surface area contributed by atoms with Crippen LogP contribution in [0.1, 0.15) is 0 Å². The van der Waals surface area contributed by atoms with Crippen LogP contribution in [-0.2, 0) is 21.7 Å². The van der Waals surface area contributed by atoms with Gasteiger partial charge in [0.1, 0.15) is 0 Å². The van der Waals surface area contributed by atoms with Crippen molar-refractivity contribution < 1.29 is 36.7 Å². The molecule has 3 nitrogen and oxygen atoms in total. The van der Waals surface area contributed by atoms with E-state index in [1.54, 1.807) is 0 Å². The second-order valence-corrected chi connectivity index (χ2v) is 0.250. The molecular weight excluding hydrogens is 108 g/mol. The van der Waals surface area contributed by atoms with Crippen LogP contribution >= 0.6 is 0 Å². The molecule has 26 valence electrons. The molecule has 0 aromatic rings. The molecule has 0 amide bonds. The first kappa shape index (κ1) is 8.88. The van der Waals surface area contributed by atoms with Crippen LogP contribution < -0.4 is 10.2 Å². The maximum atomic E-state index is 8.33. The van der Waals surface area contributed by atoms with Crippen molar-refractivity contribution in [3.05, 3.63) is 0 Å². The van der Waals surface area contributed by atoms with Crippen molar-refractivity contribution in [2.24, 2.45) is 0 Å². The predicted octanol–water partition coefficient (Wildman–Crippen LogP) is -2.45. The number of hydrogen-bond donors (Lipinski definition) is 0. The molecule has 0 spiro atoms. The van der Waals surface area contributed by atoms with Crippen molar-refractivity contribution in [1.29, 1.82) is 0 Å². The van der Waals surface area contributed by atoms with E-state index in [0.717, 1.165) is 0 Å². The molecule has 0 heterocycles. The fourth-order valence-corrected chi connectivity index (χ4v) is 0. The quantitative estimate of drug-likeness (QED) is 0.323. The van der Waals surface area contributed by atoms with Gasteiger partial charge in [0, 0.05) is 0 Å². The molecule has 0 aliphatic heterocycles. The molecule has 5 heavy (non-hydrogen) atoms. The van der Waals surface area contributed by atoms with Gasteiger partial charge in [-0.05, 0) is 6.16 Å². The van der Waals surface area contributed by atoms with Gasteiger partial charge in [0.05, 0.1) is 0 Å². The van der Waals surface area contributed by atoms with Gasteiger partial charge in [-0.3, -0.25) is 0 Å². The van der Waals surface area contributed by atoms with Crippen molar-refractivity contribution in [1.82, 2.24) is 0 Å². The Labute approximate surface area is 43.5 Å². The summed E-state index contributed by atoms with van der Waals surface area (Å²) in [7, 11) is 0. The van der Waals surface area contributed by atoms with Crippen LogP contribution in [0.15, 0.2) is 0 Å². The second-order valence-electron chi connectivity index (χ2n) is 0.250.